The van der Waals surface area contributed by atoms with Crippen LogP contribution in [0.4, 0.5) is 17.1 Å². The molecule has 0 spiro atoms. The lowest BCUT2D eigenvalue weighted by atomic mass is 10.2. The third-order valence-electron chi connectivity index (χ3n) is 3.80. The van der Waals surface area contributed by atoms with E-state index in [9.17, 15) is 24.5 Å². The van der Waals surface area contributed by atoms with Crippen LogP contribution in [0.1, 0.15) is 6.92 Å². The minimum absolute atomic E-state index is 0.172. The Bertz CT molecular complexity index is 1150. The maximum absolute atomic E-state index is 12.5. The summed E-state index contributed by atoms with van der Waals surface area (Å²) in [5, 5.41) is 16.2. The van der Waals surface area contributed by atoms with E-state index in [2.05, 4.69) is 15.6 Å². The van der Waals surface area contributed by atoms with Gasteiger partial charge in [0, 0.05) is 30.4 Å². The second kappa shape index (κ2) is 7.66. The zero-order chi connectivity index (χ0) is 20.3. The molecule has 0 radical (unpaired) electrons. The molecule has 0 aliphatic carbocycles. The minimum Gasteiger partial charge on any atom is -0.326 e. The first-order chi connectivity index (χ1) is 13.3. The topological polar surface area (TPSA) is 136 Å². The first kappa shape index (κ1) is 18.7. The Kier molecular flexibility index (Phi) is 5.12. The molecule has 3 rings (SSSR count). The average Bonchev–Trinajstić information content (AvgIpc) is 2.63. The van der Waals surface area contributed by atoms with Crippen LogP contribution in [0.3, 0.4) is 0 Å². The number of nitro benzene ring substituents is 1. The Hall–Kier alpha value is -4.08. The molecule has 28 heavy (non-hydrogen) atoms. The van der Waals surface area contributed by atoms with Gasteiger partial charge in [0.25, 0.3) is 11.2 Å². The van der Waals surface area contributed by atoms with E-state index in [1.807, 2.05) is 0 Å². The van der Waals surface area contributed by atoms with Crippen LogP contribution in [0.25, 0.3) is 10.9 Å². The molecule has 0 saturated carbocycles. The lowest BCUT2D eigenvalue weighted by Crippen LogP contribution is -2.28. The number of non-ortho nitro benzene ring substituents is 1. The number of anilines is 2. The van der Waals surface area contributed by atoms with Gasteiger partial charge in [-0.25, -0.2) is 4.98 Å². The van der Waals surface area contributed by atoms with Crippen molar-refractivity contribution in [2.24, 2.45) is 0 Å². The van der Waals surface area contributed by atoms with Crippen molar-refractivity contribution < 1.29 is 14.5 Å². The van der Waals surface area contributed by atoms with E-state index in [-0.39, 0.29) is 29.0 Å². The number of benzene rings is 2. The number of fused-ring (bicyclic) bond motifs is 1. The number of carbonyl (C=O) groups is 2. The van der Waals surface area contributed by atoms with Crippen LogP contribution in [0.2, 0.25) is 0 Å². The summed E-state index contributed by atoms with van der Waals surface area (Å²) < 4.78 is 1.11. The molecule has 2 N–H and O–H groups in total. The highest BCUT2D eigenvalue weighted by Gasteiger charge is 2.12. The summed E-state index contributed by atoms with van der Waals surface area (Å²) in [7, 11) is 0. The normalized spacial score (nSPS) is 10.5. The molecule has 0 aliphatic heterocycles. The quantitative estimate of drug-likeness (QED) is 0.512. The Morgan fingerprint density at radius 3 is 2.54 bits per heavy atom. The lowest BCUT2D eigenvalue weighted by molar-refractivity contribution is -0.384. The van der Waals surface area contributed by atoms with Gasteiger partial charge in [0.2, 0.25) is 11.8 Å². The Labute approximate surface area is 158 Å². The third kappa shape index (κ3) is 4.18. The monoisotopic (exact) mass is 381 g/mol. The van der Waals surface area contributed by atoms with Crippen LogP contribution in [-0.4, -0.2) is 26.3 Å². The van der Waals surface area contributed by atoms with Crippen LogP contribution in [0.5, 0.6) is 0 Å². The predicted molar refractivity (Wildman–Crippen MR) is 102 cm³/mol. The van der Waals surface area contributed by atoms with E-state index < -0.39 is 16.4 Å². The van der Waals surface area contributed by atoms with Crippen LogP contribution in [-0.2, 0) is 16.1 Å². The number of carbonyl (C=O) groups excluding carboxylic acids is 2. The zero-order valence-electron chi connectivity index (χ0n) is 14.7. The summed E-state index contributed by atoms with van der Waals surface area (Å²) in [4.78, 5) is 50.1. The highest BCUT2D eigenvalue weighted by molar-refractivity contribution is 5.93. The van der Waals surface area contributed by atoms with Crippen molar-refractivity contribution in [1.82, 2.24) is 9.55 Å². The number of nitrogens with zero attached hydrogens (tertiary/aromatic N) is 3. The van der Waals surface area contributed by atoms with E-state index in [0.29, 0.717) is 11.4 Å². The Morgan fingerprint density at radius 1 is 1.14 bits per heavy atom. The Balaban J connectivity index is 1.79. The molecular formula is C18H15N5O5. The van der Waals surface area contributed by atoms with Crippen molar-refractivity contribution >= 4 is 39.8 Å². The number of aromatic nitrogens is 2. The molecule has 3 aromatic rings. The number of nitrogens with one attached hydrogen (secondary N) is 2. The summed E-state index contributed by atoms with van der Waals surface area (Å²) >= 11 is 0. The van der Waals surface area contributed by atoms with E-state index in [1.165, 1.54) is 31.5 Å². The molecular weight excluding hydrogens is 366 g/mol. The SMILES string of the molecule is CC(=O)Nc1cccc(NC(=O)Cn2cnc3cc([N+](=O)[O-])ccc3c2=O)c1. The molecule has 0 fully saturated rings. The maximum atomic E-state index is 12.5. The minimum atomic E-state index is -0.574. The fourth-order valence-corrected chi connectivity index (χ4v) is 2.61. The van der Waals surface area contributed by atoms with Gasteiger partial charge in [-0.2, -0.15) is 0 Å². The number of amides is 2. The summed E-state index contributed by atoms with van der Waals surface area (Å²) in [6.45, 7) is 1.09. The smallest absolute Gasteiger partial charge is 0.271 e. The number of nitro groups is 1. The largest absolute Gasteiger partial charge is 0.326 e. The molecule has 0 bridgehead atoms. The van der Waals surface area contributed by atoms with Gasteiger partial charge in [-0.15, -0.1) is 0 Å². The molecule has 0 unspecified atom stereocenters. The maximum Gasteiger partial charge on any atom is 0.271 e. The van der Waals surface area contributed by atoms with Crippen molar-refractivity contribution in [3.63, 3.8) is 0 Å². The molecule has 10 nitrogen and oxygen atoms in total. The Morgan fingerprint density at radius 2 is 1.86 bits per heavy atom. The molecule has 1 heterocycles. The molecule has 2 aromatic carbocycles. The van der Waals surface area contributed by atoms with Crippen molar-refractivity contribution in [2.75, 3.05) is 10.6 Å². The first-order valence-corrected chi connectivity index (χ1v) is 8.14. The lowest BCUT2D eigenvalue weighted by Gasteiger charge is -2.09. The van der Waals surface area contributed by atoms with E-state index in [1.54, 1.807) is 24.3 Å². The summed E-state index contributed by atoms with van der Waals surface area (Å²) in [6.07, 6.45) is 1.17. The summed E-state index contributed by atoms with van der Waals surface area (Å²) in [6, 6.07) is 10.3. The fraction of sp³-hybridized carbons (Fsp3) is 0.111. The fourth-order valence-electron chi connectivity index (χ4n) is 2.61. The van der Waals surface area contributed by atoms with Crippen molar-refractivity contribution in [1.29, 1.82) is 0 Å². The van der Waals surface area contributed by atoms with Crippen LogP contribution in [0, 0.1) is 10.1 Å². The average molecular weight is 381 g/mol. The molecule has 0 saturated heterocycles. The third-order valence-corrected chi connectivity index (χ3v) is 3.80. The number of hydrogen-bond donors (Lipinski definition) is 2. The molecule has 1 aromatic heterocycles. The summed E-state index contributed by atoms with van der Waals surface area (Å²) in [5.41, 5.74) is 0.500. The zero-order valence-corrected chi connectivity index (χ0v) is 14.7. The first-order valence-electron chi connectivity index (χ1n) is 8.14. The standard InChI is InChI=1S/C18H15N5O5/c1-11(24)20-12-3-2-4-13(7-12)21-17(25)9-22-10-19-16-8-14(23(27)28)5-6-15(16)18(22)26/h2-8,10H,9H2,1H3,(H,20,24)(H,21,25). The van der Waals surface area contributed by atoms with Gasteiger partial charge in [-0.05, 0) is 24.3 Å². The van der Waals surface area contributed by atoms with E-state index in [4.69, 9.17) is 0 Å². The van der Waals surface area contributed by atoms with Gasteiger partial charge >= 0.3 is 0 Å². The second-order valence-electron chi connectivity index (χ2n) is 5.95. The molecule has 10 heteroatoms. The van der Waals surface area contributed by atoms with Crippen molar-refractivity contribution in [3.05, 3.63) is 69.3 Å². The predicted octanol–water partition coefficient (Wildman–Crippen LogP) is 1.90. The van der Waals surface area contributed by atoms with Gasteiger partial charge in [0.1, 0.15) is 6.54 Å². The van der Waals surface area contributed by atoms with Gasteiger partial charge in [-0.3, -0.25) is 29.1 Å². The number of rotatable bonds is 5. The molecule has 0 atom stereocenters. The molecule has 142 valence electrons. The van der Waals surface area contributed by atoms with Crippen LogP contribution in [0.15, 0.2) is 53.6 Å². The van der Waals surface area contributed by atoms with Gasteiger partial charge in [0.05, 0.1) is 22.2 Å². The number of hydrogen-bond acceptors (Lipinski definition) is 6. The van der Waals surface area contributed by atoms with Gasteiger partial charge < -0.3 is 10.6 Å². The summed E-state index contributed by atoms with van der Waals surface area (Å²) in [5.74, 6) is -0.706. The van der Waals surface area contributed by atoms with Crippen LogP contribution >= 0.6 is 0 Å². The van der Waals surface area contributed by atoms with Crippen molar-refractivity contribution in [3.8, 4) is 0 Å². The van der Waals surface area contributed by atoms with E-state index >= 15 is 0 Å². The molecule has 2 amide bonds. The van der Waals surface area contributed by atoms with Gasteiger partial charge in [-0.1, -0.05) is 6.07 Å². The second-order valence-corrected chi connectivity index (χ2v) is 5.95. The van der Waals surface area contributed by atoms with Crippen LogP contribution < -0.4 is 16.2 Å². The van der Waals surface area contributed by atoms with E-state index in [0.717, 1.165) is 4.57 Å². The highest BCUT2D eigenvalue weighted by Crippen LogP contribution is 2.17. The van der Waals surface area contributed by atoms with Gasteiger partial charge in [0.15, 0.2) is 0 Å². The van der Waals surface area contributed by atoms with Crippen molar-refractivity contribution in [2.45, 2.75) is 13.5 Å². The molecule has 0 aliphatic rings. The highest BCUT2D eigenvalue weighted by atomic mass is 16.6.